The van der Waals surface area contributed by atoms with Gasteiger partial charge in [0.15, 0.2) is 0 Å². The highest BCUT2D eigenvalue weighted by molar-refractivity contribution is 5.00. The summed E-state index contributed by atoms with van der Waals surface area (Å²) in [7, 11) is 0. The molecule has 1 aliphatic heterocycles. The molecule has 5 nitrogen and oxygen atoms in total. The lowest BCUT2D eigenvalue weighted by Gasteiger charge is -2.30. The summed E-state index contributed by atoms with van der Waals surface area (Å²) in [5.41, 5.74) is 5.10. The minimum absolute atomic E-state index is 0.353. The summed E-state index contributed by atoms with van der Waals surface area (Å²) < 4.78 is 11.0. The van der Waals surface area contributed by atoms with Gasteiger partial charge in [-0.05, 0) is 45.6 Å². The standard InChI is InChI=1S/C12H21N3O2/c1-12(7-3-5-9-16-12)11-14-10(17-15-11)6-2-4-8-13/h2-9,13H2,1H3. The molecule has 96 valence electrons. The number of hydrogen-bond donors (Lipinski definition) is 1. The van der Waals surface area contributed by atoms with Crippen LogP contribution in [0.15, 0.2) is 4.52 Å². The maximum atomic E-state index is 5.79. The molecule has 1 fully saturated rings. The number of aromatic nitrogens is 2. The molecule has 0 bridgehead atoms. The minimum atomic E-state index is -0.353. The number of aryl methyl sites for hydroxylation is 1. The monoisotopic (exact) mass is 239 g/mol. The molecule has 1 aromatic heterocycles. The third-order valence-electron chi connectivity index (χ3n) is 3.25. The largest absolute Gasteiger partial charge is 0.367 e. The van der Waals surface area contributed by atoms with Gasteiger partial charge in [-0.2, -0.15) is 4.98 Å². The first-order valence-corrected chi connectivity index (χ1v) is 6.42. The number of hydrogen-bond acceptors (Lipinski definition) is 5. The highest BCUT2D eigenvalue weighted by atomic mass is 16.5. The number of nitrogens with two attached hydrogens (primary N) is 1. The van der Waals surface area contributed by atoms with Crippen LogP contribution in [0.1, 0.15) is 50.7 Å². The molecular formula is C12H21N3O2. The topological polar surface area (TPSA) is 74.2 Å². The predicted octanol–water partition coefficient (Wildman–Crippen LogP) is 1.77. The number of ether oxygens (including phenoxy) is 1. The summed E-state index contributed by atoms with van der Waals surface area (Å²) >= 11 is 0. The van der Waals surface area contributed by atoms with E-state index in [2.05, 4.69) is 10.1 Å². The van der Waals surface area contributed by atoms with E-state index in [-0.39, 0.29) is 5.60 Å². The van der Waals surface area contributed by atoms with Gasteiger partial charge in [0.05, 0.1) is 0 Å². The summed E-state index contributed by atoms with van der Waals surface area (Å²) in [5.74, 6) is 1.39. The fourth-order valence-electron chi connectivity index (χ4n) is 2.10. The molecule has 1 atom stereocenters. The van der Waals surface area contributed by atoms with E-state index in [0.29, 0.717) is 18.3 Å². The zero-order valence-corrected chi connectivity index (χ0v) is 10.4. The van der Waals surface area contributed by atoms with E-state index >= 15 is 0 Å². The van der Waals surface area contributed by atoms with Crippen molar-refractivity contribution >= 4 is 0 Å². The van der Waals surface area contributed by atoms with Crippen molar-refractivity contribution in [3.8, 4) is 0 Å². The molecule has 1 unspecified atom stereocenters. The predicted molar refractivity (Wildman–Crippen MR) is 63.4 cm³/mol. The first-order valence-electron chi connectivity index (χ1n) is 6.42. The maximum Gasteiger partial charge on any atom is 0.226 e. The highest BCUT2D eigenvalue weighted by Gasteiger charge is 2.34. The summed E-state index contributed by atoms with van der Waals surface area (Å²) in [6, 6.07) is 0. The molecule has 2 heterocycles. The van der Waals surface area contributed by atoms with Crippen LogP contribution in [0.4, 0.5) is 0 Å². The molecule has 2 rings (SSSR count). The van der Waals surface area contributed by atoms with Crippen LogP contribution in [-0.4, -0.2) is 23.3 Å². The van der Waals surface area contributed by atoms with Crippen molar-refractivity contribution in [3.05, 3.63) is 11.7 Å². The average molecular weight is 239 g/mol. The van der Waals surface area contributed by atoms with Crippen LogP contribution in [-0.2, 0) is 16.8 Å². The normalized spacial score (nSPS) is 25.1. The third kappa shape index (κ3) is 3.04. The van der Waals surface area contributed by atoms with Crippen LogP contribution in [0.2, 0.25) is 0 Å². The van der Waals surface area contributed by atoms with E-state index in [1.165, 1.54) is 0 Å². The molecule has 1 aromatic rings. The van der Waals surface area contributed by atoms with Crippen LogP contribution in [0, 0.1) is 0 Å². The molecule has 0 spiro atoms. The zero-order chi connectivity index (χ0) is 12.1. The molecule has 0 aliphatic carbocycles. The quantitative estimate of drug-likeness (QED) is 0.792. The Hall–Kier alpha value is -0.940. The van der Waals surface area contributed by atoms with E-state index in [1.54, 1.807) is 0 Å². The fourth-order valence-corrected chi connectivity index (χ4v) is 2.10. The van der Waals surface area contributed by atoms with Gasteiger partial charge < -0.3 is 15.0 Å². The lowest BCUT2D eigenvalue weighted by atomic mass is 9.95. The van der Waals surface area contributed by atoms with Gasteiger partial charge >= 0.3 is 0 Å². The fraction of sp³-hybridized carbons (Fsp3) is 0.833. The van der Waals surface area contributed by atoms with Gasteiger partial charge in [0.2, 0.25) is 11.7 Å². The molecular weight excluding hydrogens is 218 g/mol. The summed E-state index contributed by atoms with van der Waals surface area (Å²) in [6.45, 7) is 3.54. The van der Waals surface area contributed by atoms with Crippen LogP contribution in [0.5, 0.6) is 0 Å². The summed E-state index contributed by atoms with van der Waals surface area (Å²) in [5, 5.41) is 4.05. The molecule has 1 aliphatic rings. The number of rotatable bonds is 5. The van der Waals surface area contributed by atoms with Crippen molar-refractivity contribution in [1.29, 1.82) is 0 Å². The second kappa shape index (κ2) is 5.60. The molecule has 0 amide bonds. The molecule has 17 heavy (non-hydrogen) atoms. The lowest BCUT2D eigenvalue weighted by molar-refractivity contribution is -0.0770. The Bertz CT molecular complexity index is 345. The van der Waals surface area contributed by atoms with Crippen molar-refractivity contribution in [2.24, 2.45) is 5.73 Å². The Labute approximate surface area is 102 Å². The Morgan fingerprint density at radius 3 is 2.94 bits per heavy atom. The van der Waals surface area contributed by atoms with Gasteiger partial charge in [-0.15, -0.1) is 0 Å². The zero-order valence-electron chi connectivity index (χ0n) is 10.4. The Morgan fingerprint density at radius 1 is 1.35 bits per heavy atom. The second-order valence-electron chi connectivity index (χ2n) is 4.79. The van der Waals surface area contributed by atoms with Gasteiger partial charge in [-0.1, -0.05) is 5.16 Å². The summed E-state index contributed by atoms with van der Waals surface area (Å²) in [6.07, 6.45) is 6.04. The van der Waals surface area contributed by atoms with Crippen molar-refractivity contribution in [2.45, 2.75) is 51.0 Å². The first-order chi connectivity index (χ1) is 8.24. The SMILES string of the molecule is CC1(c2noc(CCCCN)n2)CCCCO1. The van der Waals surface area contributed by atoms with Gasteiger partial charge in [0, 0.05) is 13.0 Å². The average Bonchev–Trinajstić information content (AvgIpc) is 2.80. The van der Waals surface area contributed by atoms with Crippen LogP contribution >= 0.6 is 0 Å². The molecule has 0 saturated carbocycles. The molecule has 1 saturated heterocycles. The van der Waals surface area contributed by atoms with Crippen LogP contribution < -0.4 is 5.73 Å². The van der Waals surface area contributed by atoms with E-state index in [4.69, 9.17) is 15.0 Å². The third-order valence-corrected chi connectivity index (χ3v) is 3.25. The van der Waals surface area contributed by atoms with Crippen molar-refractivity contribution < 1.29 is 9.26 Å². The molecule has 0 aromatic carbocycles. The van der Waals surface area contributed by atoms with Gasteiger partial charge in [-0.25, -0.2) is 0 Å². The number of unbranched alkanes of at least 4 members (excludes halogenated alkanes) is 1. The Morgan fingerprint density at radius 2 is 2.24 bits per heavy atom. The van der Waals surface area contributed by atoms with E-state index < -0.39 is 0 Å². The second-order valence-corrected chi connectivity index (χ2v) is 4.79. The van der Waals surface area contributed by atoms with Crippen LogP contribution in [0.25, 0.3) is 0 Å². The highest BCUT2D eigenvalue weighted by Crippen LogP contribution is 2.32. The Kier molecular flexibility index (Phi) is 4.12. The van der Waals surface area contributed by atoms with Gasteiger partial charge in [-0.3, -0.25) is 0 Å². The minimum Gasteiger partial charge on any atom is -0.367 e. The molecule has 0 radical (unpaired) electrons. The van der Waals surface area contributed by atoms with Gasteiger partial charge in [0.1, 0.15) is 5.60 Å². The van der Waals surface area contributed by atoms with E-state index in [9.17, 15) is 0 Å². The van der Waals surface area contributed by atoms with E-state index in [1.807, 2.05) is 6.92 Å². The van der Waals surface area contributed by atoms with Crippen molar-refractivity contribution in [1.82, 2.24) is 10.1 Å². The first kappa shape index (κ1) is 12.5. The van der Waals surface area contributed by atoms with E-state index in [0.717, 1.165) is 45.1 Å². The van der Waals surface area contributed by atoms with Gasteiger partial charge in [0.25, 0.3) is 0 Å². The summed E-state index contributed by atoms with van der Waals surface area (Å²) in [4.78, 5) is 4.43. The van der Waals surface area contributed by atoms with Crippen LogP contribution in [0.3, 0.4) is 0 Å². The number of nitrogens with zero attached hydrogens (tertiary/aromatic N) is 2. The maximum absolute atomic E-state index is 5.79. The molecule has 2 N–H and O–H groups in total. The van der Waals surface area contributed by atoms with Crippen molar-refractivity contribution in [2.75, 3.05) is 13.2 Å². The van der Waals surface area contributed by atoms with Crippen molar-refractivity contribution in [3.63, 3.8) is 0 Å². The molecule has 5 heteroatoms. The lowest BCUT2D eigenvalue weighted by Crippen LogP contribution is -2.31. The smallest absolute Gasteiger partial charge is 0.226 e. The Balaban J connectivity index is 1.96.